The number of aromatic nitrogens is 1. The first-order valence-corrected chi connectivity index (χ1v) is 14.5. The van der Waals surface area contributed by atoms with Crippen molar-refractivity contribution in [3.05, 3.63) is 52.1 Å². The van der Waals surface area contributed by atoms with E-state index in [2.05, 4.69) is 15.3 Å². The van der Waals surface area contributed by atoms with Gasteiger partial charge in [0.15, 0.2) is 0 Å². The number of guanidine groups is 1. The summed E-state index contributed by atoms with van der Waals surface area (Å²) in [5.74, 6) is 7.11. The minimum absolute atomic E-state index is 0.0682. The van der Waals surface area contributed by atoms with Crippen molar-refractivity contribution in [2.45, 2.75) is 76.9 Å². The number of hydrazine groups is 1. The van der Waals surface area contributed by atoms with E-state index in [0.29, 0.717) is 40.8 Å². The first kappa shape index (κ1) is 33.1. The molecule has 2 fully saturated rings. The molecule has 1 aromatic carbocycles. The molecule has 6 N–H and O–H groups in total. The minimum Gasteiger partial charge on any atom is -0.373 e. The Bertz CT molecular complexity index is 1330. The number of nitrogens with zero attached hydrogens (tertiary/aromatic N) is 5. The quantitative estimate of drug-likeness (QED) is 0.0824. The van der Waals surface area contributed by atoms with Gasteiger partial charge in [0.2, 0.25) is 5.96 Å². The molecule has 4 rings (SSSR count). The van der Waals surface area contributed by atoms with Gasteiger partial charge in [0.05, 0.1) is 11.1 Å². The Balaban J connectivity index is 1.84. The SMILES string of the molecule is CNc1nc(N(CC2CC2)C2CCCC2)c(CN(Cc2cc(C(F)(F)F)cc(C(F)(F)F)c2)/C(N)=N/N(C)N)cc1C(C)=N. The number of benzene rings is 1. The van der Waals surface area contributed by atoms with E-state index in [0.717, 1.165) is 50.2 Å². The lowest BCUT2D eigenvalue weighted by Crippen LogP contribution is -2.41. The van der Waals surface area contributed by atoms with Gasteiger partial charge in [-0.3, -0.25) is 0 Å². The van der Waals surface area contributed by atoms with Crippen LogP contribution in [0, 0.1) is 11.3 Å². The molecule has 0 aliphatic heterocycles. The number of hydrogen-bond donors (Lipinski definition) is 4. The molecule has 2 aliphatic carbocycles. The third kappa shape index (κ3) is 8.24. The summed E-state index contributed by atoms with van der Waals surface area (Å²) in [6.45, 7) is 1.88. The molecular weight excluding hydrogens is 588 g/mol. The number of nitrogens with two attached hydrogens (primary N) is 2. The maximum atomic E-state index is 13.6. The Hall–Kier alpha value is -3.75. The molecule has 44 heavy (non-hydrogen) atoms. The molecule has 0 amide bonds. The van der Waals surface area contributed by atoms with Crippen LogP contribution in [-0.2, 0) is 25.4 Å². The van der Waals surface area contributed by atoms with Gasteiger partial charge in [-0.05, 0) is 68.4 Å². The van der Waals surface area contributed by atoms with Gasteiger partial charge < -0.3 is 26.3 Å². The maximum absolute atomic E-state index is 13.6. The van der Waals surface area contributed by atoms with Crippen LogP contribution < -0.4 is 21.8 Å². The molecule has 0 unspecified atom stereocenters. The molecular formula is C29H39F6N9. The van der Waals surface area contributed by atoms with E-state index in [4.69, 9.17) is 22.0 Å². The summed E-state index contributed by atoms with van der Waals surface area (Å²) in [6, 6.07) is 3.45. The van der Waals surface area contributed by atoms with Gasteiger partial charge in [-0.1, -0.05) is 12.8 Å². The summed E-state index contributed by atoms with van der Waals surface area (Å²) in [7, 11) is 3.10. The van der Waals surface area contributed by atoms with Crippen LogP contribution >= 0.6 is 0 Å². The summed E-state index contributed by atoms with van der Waals surface area (Å²) in [6.07, 6.45) is -3.71. The van der Waals surface area contributed by atoms with Crippen LogP contribution in [0.3, 0.4) is 0 Å². The standard InChI is InChI=1S/C29H39F6N9/c1-17(36)24-12-20(26(40-25(24)39-2)44(15-18-8-9-18)23-6-4-5-7-23)16-43(27(37)41-42(3)38)14-19-10-21(28(30,31)32)13-22(11-19)29(33,34)35/h10-13,18,23,36H,4-9,14-16,38H2,1-3H3,(H2,37,41)(H,39,40). The number of nitrogens with one attached hydrogen (secondary N) is 2. The van der Waals surface area contributed by atoms with Gasteiger partial charge in [-0.25, -0.2) is 15.9 Å². The van der Waals surface area contributed by atoms with Crippen molar-refractivity contribution in [1.82, 2.24) is 15.0 Å². The van der Waals surface area contributed by atoms with Crippen molar-refractivity contribution in [3.63, 3.8) is 0 Å². The van der Waals surface area contributed by atoms with Crippen LogP contribution in [0.4, 0.5) is 38.0 Å². The van der Waals surface area contributed by atoms with E-state index in [1.54, 1.807) is 20.0 Å². The Morgan fingerprint density at radius 2 is 1.59 bits per heavy atom. The second-order valence-corrected chi connectivity index (χ2v) is 11.6. The molecule has 0 atom stereocenters. The van der Waals surface area contributed by atoms with Crippen molar-refractivity contribution in [3.8, 4) is 0 Å². The molecule has 2 aromatic rings. The molecule has 242 valence electrons. The number of pyridine rings is 1. The Labute approximate surface area is 252 Å². The van der Waals surface area contributed by atoms with Crippen LogP contribution in [0.1, 0.15) is 73.3 Å². The van der Waals surface area contributed by atoms with E-state index in [1.807, 2.05) is 0 Å². The van der Waals surface area contributed by atoms with Crippen LogP contribution in [-0.4, -0.2) is 53.4 Å². The van der Waals surface area contributed by atoms with E-state index in [1.165, 1.54) is 11.9 Å². The highest BCUT2D eigenvalue weighted by Gasteiger charge is 2.37. The largest absolute Gasteiger partial charge is 0.416 e. The van der Waals surface area contributed by atoms with Crippen molar-refractivity contribution >= 4 is 23.3 Å². The lowest BCUT2D eigenvalue weighted by atomic mass is 10.0. The third-order valence-corrected chi connectivity index (χ3v) is 7.88. The maximum Gasteiger partial charge on any atom is 0.416 e. The topological polar surface area (TPSA) is 123 Å². The van der Waals surface area contributed by atoms with E-state index < -0.39 is 30.0 Å². The molecule has 2 aliphatic rings. The number of halogens is 6. The second-order valence-electron chi connectivity index (χ2n) is 11.6. The normalized spacial score (nSPS) is 16.3. The van der Waals surface area contributed by atoms with Crippen LogP contribution in [0.25, 0.3) is 0 Å². The molecule has 1 heterocycles. The van der Waals surface area contributed by atoms with Gasteiger partial charge in [-0.15, -0.1) is 5.10 Å². The van der Waals surface area contributed by atoms with E-state index in [-0.39, 0.29) is 35.9 Å². The smallest absolute Gasteiger partial charge is 0.373 e. The highest BCUT2D eigenvalue weighted by atomic mass is 19.4. The number of alkyl halides is 6. The fourth-order valence-corrected chi connectivity index (χ4v) is 5.57. The Morgan fingerprint density at radius 1 is 1.00 bits per heavy atom. The molecule has 0 spiro atoms. The average Bonchev–Trinajstić information content (AvgIpc) is 3.59. The molecule has 0 radical (unpaired) electrons. The van der Waals surface area contributed by atoms with E-state index >= 15 is 0 Å². The summed E-state index contributed by atoms with van der Waals surface area (Å²) < 4.78 is 81.9. The fraction of sp³-hybridized carbons (Fsp3) is 0.552. The molecule has 0 bridgehead atoms. The van der Waals surface area contributed by atoms with Gasteiger partial charge in [0.1, 0.15) is 11.6 Å². The minimum atomic E-state index is -5.00. The monoisotopic (exact) mass is 627 g/mol. The molecule has 9 nitrogen and oxygen atoms in total. The number of anilines is 2. The zero-order chi connectivity index (χ0) is 32.4. The summed E-state index contributed by atoms with van der Waals surface area (Å²) >= 11 is 0. The zero-order valence-corrected chi connectivity index (χ0v) is 25.0. The van der Waals surface area contributed by atoms with Gasteiger partial charge in [0.25, 0.3) is 0 Å². The molecule has 0 saturated heterocycles. The van der Waals surface area contributed by atoms with Crippen LogP contribution in [0.2, 0.25) is 0 Å². The molecule has 1 aromatic heterocycles. The van der Waals surface area contributed by atoms with Crippen LogP contribution in [0.15, 0.2) is 29.4 Å². The number of hydrazone groups is 1. The second kappa shape index (κ2) is 13.1. The third-order valence-electron chi connectivity index (χ3n) is 7.88. The summed E-state index contributed by atoms with van der Waals surface area (Å²) in [5.41, 5.74) is 4.51. The number of rotatable bonds is 11. The van der Waals surface area contributed by atoms with Crippen molar-refractivity contribution in [1.29, 1.82) is 5.41 Å². The predicted octanol–water partition coefficient (Wildman–Crippen LogP) is 5.75. The predicted molar refractivity (Wildman–Crippen MR) is 158 cm³/mol. The summed E-state index contributed by atoms with van der Waals surface area (Å²) in [4.78, 5) is 8.59. The first-order valence-electron chi connectivity index (χ1n) is 14.5. The zero-order valence-electron chi connectivity index (χ0n) is 25.0. The van der Waals surface area contributed by atoms with Crippen molar-refractivity contribution in [2.24, 2.45) is 22.6 Å². The average molecular weight is 628 g/mol. The van der Waals surface area contributed by atoms with Gasteiger partial charge >= 0.3 is 12.4 Å². The van der Waals surface area contributed by atoms with Crippen molar-refractivity contribution < 1.29 is 26.3 Å². The van der Waals surface area contributed by atoms with Crippen LogP contribution in [0.5, 0.6) is 0 Å². The van der Waals surface area contributed by atoms with E-state index in [9.17, 15) is 26.3 Å². The first-order chi connectivity index (χ1) is 20.6. The molecule has 2 saturated carbocycles. The lowest BCUT2D eigenvalue weighted by molar-refractivity contribution is -0.143. The lowest BCUT2D eigenvalue weighted by Gasteiger charge is -2.34. The highest BCUT2D eigenvalue weighted by molar-refractivity contribution is 6.01. The number of hydrogen-bond acceptors (Lipinski definition) is 7. The van der Waals surface area contributed by atoms with Crippen molar-refractivity contribution in [2.75, 3.05) is 30.9 Å². The summed E-state index contributed by atoms with van der Waals surface area (Å²) in [5, 5.41) is 16.3. The Morgan fingerprint density at radius 3 is 2.07 bits per heavy atom. The molecule has 15 heteroatoms. The van der Waals surface area contributed by atoms with Gasteiger partial charge in [0, 0.05) is 56.6 Å². The Kier molecular flexibility index (Phi) is 9.86. The van der Waals surface area contributed by atoms with Gasteiger partial charge in [-0.2, -0.15) is 26.3 Å². The fourth-order valence-electron chi connectivity index (χ4n) is 5.57. The highest BCUT2D eigenvalue weighted by Crippen LogP contribution is 2.39.